The predicted octanol–water partition coefficient (Wildman–Crippen LogP) is 2.66. The number of amides is 1. The van der Waals surface area contributed by atoms with Crippen molar-refractivity contribution in [3.8, 4) is 0 Å². The highest BCUT2D eigenvalue weighted by Crippen LogP contribution is 2.29. The number of Topliss-reactive ketones (excluding diaryl/α,β-unsaturated/α-hetero) is 1. The minimum Gasteiger partial charge on any atom is -0.444 e. The maximum atomic E-state index is 11.5. The van der Waals surface area contributed by atoms with Gasteiger partial charge in [0, 0.05) is 18.4 Å². The first-order chi connectivity index (χ1) is 7.81. The Labute approximate surface area is 103 Å². The van der Waals surface area contributed by atoms with Gasteiger partial charge in [0.2, 0.25) is 0 Å². The molecule has 0 atom stereocenters. The van der Waals surface area contributed by atoms with E-state index < -0.39 is 5.60 Å². The van der Waals surface area contributed by atoms with Crippen molar-refractivity contribution in [3.63, 3.8) is 0 Å². The van der Waals surface area contributed by atoms with Crippen molar-refractivity contribution in [1.82, 2.24) is 5.32 Å². The molecule has 0 aromatic heterocycles. The van der Waals surface area contributed by atoms with Gasteiger partial charge in [-0.15, -0.1) is 0 Å². The molecular formula is C13H23NO3. The molecule has 1 saturated carbocycles. The van der Waals surface area contributed by atoms with Gasteiger partial charge >= 0.3 is 6.09 Å². The molecule has 0 aromatic rings. The van der Waals surface area contributed by atoms with E-state index in [1.54, 1.807) is 0 Å². The number of hydrogen-bond acceptors (Lipinski definition) is 3. The van der Waals surface area contributed by atoms with Crippen molar-refractivity contribution in [2.45, 2.75) is 65.0 Å². The van der Waals surface area contributed by atoms with Gasteiger partial charge in [-0.25, -0.2) is 4.79 Å². The first kappa shape index (κ1) is 14.0. The Kier molecular flexibility index (Phi) is 4.54. The summed E-state index contributed by atoms with van der Waals surface area (Å²) in [6.45, 7) is 7.51. The first-order valence-corrected chi connectivity index (χ1v) is 6.34. The lowest BCUT2D eigenvalue weighted by atomic mass is 9.76. The molecule has 1 aliphatic rings. The van der Waals surface area contributed by atoms with E-state index in [1.165, 1.54) is 0 Å². The molecule has 1 amide bonds. The van der Waals surface area contributed by atoms with Gasteiger partial charge < -0.3 is 10.1 Å². The monoisotopic (exact) mass is 241 g/mol. The van der Waals surface area contributed by atoms with E-state index >= 15 is 0 Å². The lowest BCUT2D eigenvalue weighted by molar-refractivity contribution is -0.126. The van der Waals surface area contributed by atoms with Crippen molar-refractivity contribution in [2.75, 3.05) is 0 Å². The van der Waals surface area contributed by atoms with Crippen LogP contribution in [0.25, 0.3) is 0 Å². The van der Waals surface area contributed by atoms with Gasteiger partial charge in [-0.3, -0.25) is 4.79 Å². The summed E-state index contributed by atoms with van der Waals surface area (Å²) in [5.41, 5.74) is -0.467. The number of ether oxygens (including phenoxy) is 1. The summed E-state index contributed by atoms with van der Waals surface area (Å²) in [4.78, 5) is 23.0. The molecule has 17 heavy (non-hydrogen) atoms. The van der Waals surface area contributed by atoms with Gasteiger partial charge in [0.05, 0.1) is 0 Å². The Morgan fingerprint density at radius 3 is 2.35 bits per heavy atom. The maximum Gasteiger partial charge on any atom is 0.407 e. The number of carbonyl (C=O) groups is 2. The average molecular weight is 241 g/mol. The largest absolute Gasteiger partial charge is 0.444 e. The highest BCUT2D eigenvalue weighted by Gasteiger charge is 2.35. The first-order valence-electron chi connectivity index (χ1n) is 6.34. The summed E-state index contributed by atoms with van der Waals surface area (Å²) in [6, 6.07) is 0.107. The van der Waals surface area contributed by atoms with E-state index in [9.17, 15) is 9.59 Å². The third kappa shape index (κ3) is 4.75. The molecule has 1 rings (SSSR count). The molecule has 0 radical (unpaired) electrons. The molecule has 0 aromatic carbocycles. The van der Waals surface area contributed by atoms with Crippen molar-refractivity contribution in [3.05, 3.63) is 0 Å². The third-order valence-corrected chi connectivity index (χ3v) is 2.81. The van der Waals surface area contributed by atoms with Gasteiger partial charge in [0.15, 0.2) is 0 Å². The zero-order valence-electron chi connectivity index (χ0n) is 11.2. The minimum absolute atomic E-state index is 0.107. The topological polar surface area (TPSA) is 55.4 Å². The molecule has 0 spiro atoms. The van der Waals surface area contributed by atoms with E-state index in [1.807, 2.05) is 27.7 Å². The van der Waals surface area contributed by atoms with Crippen LogP contribution >= 0.6 is 0 Å². The molecule has 98 valence electrons. The van der Waals surface area contributed by atoms with Gasteiger partial charge in [-0.2, -0.15) is 0 Å². The van der Waals surface area contributed by atoms with Gasteiger partial charge in [0.1, 0.15) is 11.4 Å². The summed E-state index contributed by atoms with van der Waals surface area (Å²) >= 11 is 0. The third-order valence-electron chi connectivity index (χ3n) is 2.81. The van der Waals surface area contributed by atoms with Crippen molar-refractivity contribution in [1.29, 1.82) is 0 Å². The standard InChI is InChI=1S/C13H23NO3/c1-5-6-11(15)9-7-10(8-9)14-12(16)17-13(2,3)4/h9-10H,5-8H2,1-4H3,(H,14,16). The van der Waals surface area contributed by atoms with Crippen LogP contribution in [0.2, 0.25) is 0 Å². The van der Waals surface area contributed by atoms with E-state index in [0.29, 0.717) is 12.2 Å². The summed E-state index contributed by atoms with van der Waals surface area (Å²) in [7, 11) is 0. The van der Waals surface area contributed by atoms with Crippen molar-refractivity contribution < 1.29 is 14.3 Å². The van der Waals surface area contributed by atoms with Gasteiger partial charge in [-0.05, 0) is 40.0 Å². The van der Waals surface area contributed by atoms with E-state index in [-0.39, 0.29) is 18.1 Å². The number of hydrogen-bond donors (Lipinski definition) is 1. The Bertz CT molecular complexity index is 288. The highest BCUT2D eigenvalue weighted by atomic mass is 16.6. The van der Waals surface area contributed by atoms with E-state index in [2.05, 4.69) is 5.32 Å². The summed E-state index contributed by atoms with van der Waals surface area (Å²) < 4.78 is 5.15. The number of alkyl carbamates (subject to hydrolysis) is 1. The second-order valence-corrected chi connectivity index (χ2v) is 5.73. The Morgan fingerprint density at radius 1 is 1.29 bits per heavy atom. The lowest BCUT2D eigenvalue weighted by Crippen LogP contribution is -2.48. The fourth-order valence-corrected chi connectivity index (χ4v) is 1.92. The number of ketones is 1. The Morgan fingerprint density at radius 2 is 1.88 bits per heavy atom. The van der Waals surface area contributed by atoms with Crippen LogP contribution in [0, 0.1) is 5.92 Å². The van der Waals surface area contributed by atoms with Crippen LogP contribution in [0.15, 0.2) is 0 Å². The zero-order chi connectivity index (χ0) is 13.1. The fraction of sp³-hybridized carbons (Fsp3) is 0.846. The maximum absolute atomic E-state index is 11.5. The molecule has 0 bridgehead atoms. The fourth-order valence-electron chi connectivity index (χ4n) is 1.92. The molecule has 1 fully saturated rings. The molecular weight excluding hydrogens is 218 g/mol. The SMILES string of the molecule is CCCC(=O)C1CC(NC(=O)OC(C)(C)C)C1. The smallest absolute Gasteiger partial charge is 0.407 e. The van der Waals surface area contributed by atoms with Crippen LogP contribution in [0.4, 0.5) is 4.79 Å². The van der Waals surface area contributed by atoms with Crippen LogP contribution in [0.5, 0.6) is 0 Å². The van der Waals surface area contributed by atoms with Crippen molar-refractivity contribution >= 4 is 11.9 Å². The van der Waals surface area contributed by atoms with Crippen LogP contribution in [-0.4, -0.2) is 23.5 Å². The lowest BCUT2D eigenvalue weighted by Gasteiger charge is -2.35. The van der Waals surface area contributed by atoms with Crippen molar-refractivity contribution in [2.24, 2.45) is 5.92 Å². The summed E-state index contributed by atoms with van der Waals surface area (Å²) in [5.74, 6) is 0.477. The van der Waals surface area contributed by atoms with Crippen LogP contribution in [-0.2, 0) is 9.53 Å². The Balaban J connectivity index is 2.21. The second kappa shape index (κ2) is 5.52. The average Bonchev–Trinajstić information content (AvgIpc) is 2.07. The normalized spacial score (nSPS) is 23.8. The number of carbonyl (C=O) groups excluding carboxylic acids is 2. The highest BCUT2D eigenvalue weighted by molar-refractivity contribution is 5.82. The molecule has 4 heteroatoms. The van der Waals surface area contributed by atoms with Crippen LogP contribution in [0.1, 0.15) is 53.4 Å². The second-order valence-electron chi connectivity index (χ2n) is 5.73. The summed E-state index contributed by atoms with van der Waals surface area (Å²) in [6.07, 6.45) is 2.70. The molecule has 4 nitrogen and oxygen atoms in total. The molecule has 0 saturated heterocycles. The molecule has 1 aliphatic carbocycles. The number of rotatable bonds is 4. The quantitative estimate of drug-likeness (QED) is 0.823. The summed E-state index contributed by atoms with van der Waals surface area (Å²) in [5, 5.41) is 2.79. The van der Waals surface area contributed by atoms with Gasteiger partial charge in [0.25, 0.3) is 0 Å². The minimum atomic E-state index is -0.467. The number of nitrogens with one attached hydrogen (secondary N) is 1. The van der Waals surface area contributed by atoms with Crippen LogP contribution in [0.3, 0.4) is 0 Å². The molecule has 0 heterocycles. The van der Waals surface area contributed by atoms with Crippen LogP contribution < -0.4 is 5.32 Å². The molecule has 1 N–H and O–H groups in total. The predicted molar refractivity (Wildman–Crippen MR) is 65.8 cm³/mol. The zero-order valence-corrected chi connectivity index (χ0v) is 11.2. The molecule has 0 unspecified atom stereocenters. The van der Waals surface area contributed by atoms with E-state index in [0.717, 1.165) is 19.3 Å². The Hall–Kier alpha value is -1.06. The molecule has 0 aliphatic heterocycles. The van der Waals surface area contributed by atoms with Gasteiger partial charge in [-0.1, -0.05) is 6.92 Å². The van der Waals surface area contributed by atoms with E-state index in [4.69, 9.17) is 4.74 Å².